The second-order valence-electron chi connectivity index (χ2n) is 5.90. The number of rotatable bonds is 6. The van der Waals surface area contributed by atoms with Crippen molar-refractivity contribution in [1.29, 1.82) is 0 Å². The fourth-order valence-electron chi connectivity index (χ4n) is 2.79. The van der Waals surface area contributed by atoms with Gasteiger partial charge in [-0.25, -0.2) is 0 Å². The van der Waals surface area contributed by atoms with Crippen LogP contribution in [0.25, 0.3) is 0 Å². The molecule has 0 unspecified atom stereocenters. The third-order valence-electron chi connectivity index (χ3n) is 3.65. The molecule has 112 valence electrons. The maximum atomic E-state index is 5.70. The fraction of sp³-hybridized carbons (Fsp3) is 0.368. The molecule has 0 aromatic heterocycles. The van der Waals surface area contributed by atoms with E-state index in [0.717, 1.165) is 26.1 Å². The minimum Gasteiger partial charge on any atom is -0.367 e. The van der Waals surface area contributed by atoms with Crippen LogP contribution in [0.2, 0.25) is 0 Å². The summed E-state index contributed by atoms with van der Waals surface area (Å²) in [5, 5.41) is 0. The fourth-order valence-corrected chi connectivity index (χ4v) is 2.79. The molecule has 2 rings (SSSR count). The average molecular weight is 282 g/mol. The molecule has 2 nitrogen and oxygen atoms in total. The highest BCUT2D eigenvalue weighted by atomic mass is 15.1. The van der Waals surface area contributed by atoms with Crippen LogP contribution in [0, 0.1) is 20.8 Å². The molecule has 0 amide bonds. The summed E-state index contributed by atoms with van der Waals surface area (Å²) in [4.78, 5) is 2.42. The van der Waals surface area contributed by atoms with Gasteiger partial charge in [-0.1, -0.05) is 41.5 Å². The van der Waals surface area contributed by atoms with E-state index >= 15 is 0 Å². The summed E-state index contributed by atoms with van der Waals surface area (Å²) in [5.74, 6) is 0. The predicted molar refractivity (Wildman–Crippen MR) is 91.8 cm³/mol. The molecule has 0 aliphatic rings. The van der Waals surface area contributed by atoms with E-state index in [1.54, 1.807) is 0 Å². The highest BCUT2D eigenvalue weighted by Gasteiger charge is 2.08. The zero-order chi connectivity index (χ0) is 15.2. The highest BCUT2D eigenvalue weighted by Crippen LogP contribution is 2.20. The molecular formula is C19H26N2. The van der Waals surface area contributed by atoms with E-state index in [1.807, 2.05) is 0 Å². The van der Waals surface area contributed by atoms with Crippen LogP contribution in [0.5, 0.6) is 0 Å². The van der Waals surface area contributed by atoms with Gasteiger partial charge in [0, 0.05) is 18.8 Å². The summed E-state index contributed by atoms with van der Waals surface area (Å²) >= 11 is 0. The number of anilines is 1. The molecular weight excluding hydrogens is 256 g/mol. The lowest BCUT2D eigenvalue weighted by molar-refractivity contribution is 0.735. The topological polar surface area (TPSA) is 29.3 Å². The van der Waals surface area contributed by atoms with Gasteiger partial charge in [0.15, 0.2) is 0 Å². The molecule has 2 aromatic rings. The molecule has 0 heterocycles. The summed E-state index contributed by atoms with van der Waals surface area (Å²) in [5.41, 5.74) is 12.3. The third-order valence-corrected chi connectivity index (χ3v) is 3.65. The van der Waals surface area contributed by atoms with Gasteiger partial charge in [0.2, 0.25) is 0 Å². The lowest BCUT2D eigenvalue weighted by Gasteiger charge is -2.25. The summed E-state index contributed by atoms with van der Waals surface area (Å²) < 4.78 is 0. The van der Waals surface area contributed by atoms with E-state index < -0.39 is 0 Å². The summed E-state index contributed by atoms with van der Waals surface area (Å²) in [6.07, 6.45) is 1.01. The molecule has 2 aromatic carbocycles. The Morgan fingerprint density at radius 2 is 1.62 bits per heavy atom. The zero-order valence-electron chi connectivity index (χ0n) is 13.4. The minimum absolute atomic E-state index is 0.731. The first-order chi connectivity index (χ1) is 10.1. The SMILES string of the molecule is Cc1cc(C)cc(CN(CCCN)c2cccc(C)c2)c1. The predicted octanol–water partition coefficient (Wildman–Crippen LogP) is 3.97. The molecule has 0 spiro atoms. The highest BCUT2D eigenvalue weighted by molar-refractivity contribution is 5.49. The van der Waals surface area contributed by atoms with Crippen molar-refractivity contribution in [1.82, 2.24) is 0 Å². The van der Waals surface area contributed by atoms with Gasteiger partial charge in [0.05, 0.1) is 0 Å². The van der Waals surface area contributed by atoms with Crippen LogP contribution < -0.4 is 10.6 Å². The van der Waals surface area contributed by atoms with E-state index in [-0.39, 0.29) is 0 Å². The van der Waals surface area contributed by atoms with Gasteiger partial charge in [-0.05, 0) is 57.0 Å². The first-order valence-electron chi connectivity index (χ1n) is 7.67. The summed E-state index contributed by atoms with van der Waals surface area (Å²) in [6, 6.07) is 15.5. The molecule has 0 saturated heterocycles. The molecule has 0 atom stereocenters. The number of hydrogen-bond acceptors (Lipinski definition) is 2. The first kappa shape index (κ1) is 15.6. The lowest BCUT2D eigenvalue weighted by Crippen LogP contribution is -2.25. The standard InChI is InChI=1S/C19H26N2/c1-15-6-4-7-19(13-15)21(9-5-8-20)14-18-11-16(2)10-17(3)12-18/h4,6-7,10-13H,5,8-9,14,20H2,1-3H3. The van der Waals surface area contributed by atoms with Crippen LogP contribution in [0.1, 0.15) is 28.7 Å². The van der Waals surface area contributed by atoms with Crippen molar-refractivity contribution in [2.75, 3.05) is 18.0 Å². The van der Waals surface area contributed by atoms with E-state index in [1.165, 1.54) is 27.9 Å². The Labute approximate surface area is 128 Å². The molecule has 0 fully saturated rings. The van der Waals surface area contributed by atoms with Gasteiger partial charge in [-0.2, -0.15) is 0 Å². The second kappa shape index (κ2) is 7.28. The normalized spacial score (nSPS) is 10.7. The van der Waals surface area contributed by atoms with E-state index in [0.29, 0.717) is 0 Å². The molecule has 21 heavy (non-hydrogen) atoms. The van der Waals surface area contributed by atoms with Crippen molar-refractivity contribution >= 4 is 5.69 Å². The Kier molecular flexibility index (Phi) is 5.40. The van der Waals surface area contributed by atoms with Gasteiger partial charge in [0.1, 0.15) is 0 Å². The van der Waals surface area contributed by atoms with Gasteiger partial charge >= 0.3 is 0 Å². The summed E-state index contributed by atoms with van der Waals surface area (Å²) in [7, 11) is 0. The van der Waals surface area contributed by atoms with Crippen molar-refractivity contribution in [2.45, 2.75) is 33.7 Å². The van der Waals surface area contributed by atoms with Crippen LogP contribution in [0.3, 0.4) is 0 Å². The Hall–Kier alpha value is -1.80. The van der Waals surface area contributed by atoms with Crippen molar-refractivity contribution in [3.63, 3.8) is 0 Å². The number of nitrogens with two attached hydrogens (primary N) is 1. The summed E-state index contributed by atoms with van der Waals surface area (Å²) in [6.45, 7) is 9.12. The quantitative estimate of drug-likeness (QED) is 0.868. The van der Waals surface area contributed by atoms with Crippen LogP contribution in [-0.4, -0.2) is 13.1 Å². The van der Waals surface area contributed by atoms with Crippen LogP contribution >= 0.6 is 0 Å². The molecule has 0 radical (unpaired) electrons. The van der Waals surface area contributed by atoms with Gasteiger partial charge < -0.3 is 10.6 Å². The minimum atomic E-state index is 0.731. The zero-order valence-corrected chi connectivity index (χ0v) is 13.4. The molecule has 2 N–H and O–H groups in total. The molecule has 0 saturated carbocycles. The van der Waals surface area contributed by atoms with Crippen LogP contribution in [0.15, 0.2) is 42.5 Å². The van der Waals surface area contributed by atoms with Crippen LogP contribution in [0.4, 0.5) is 5.69 Å². The van der Waals surface area contributed by atoms with Crippen molar-refractivity contribution in [3.8, 4) is 0 Å². The van der Waals surface area contributed by atoms with Gasteiger partial charge in [0.25, 0.3) is 0 Å². The van der Waals surface area contributed by atoms with Gasteiger partial charge in [-0.3, -0.25) is 0 Å². The lowest BCUT2D eigenvalue weighted by atomic mass is 10.1. The first-order valence-corrected chi connectivity index (χ1v) is 7.67. The monoisotopic (exact) mass is 282 g/mol. The maximum Gasteiger partial charge on any atom is 0.0429 e. The molecule has 0 aliphatic carbocycles. The Balaban J connectivity index is 2.23. The van der Waals surface area contributed by atoms with E-state index in [4.69, 9.17) is 5.73 Å². The number of hydrogen-bond donors (Lipinski definition) is 1. The number of nitrogens with zero attached hydrogens (tertiary/aromatic N) is 1. The smallest absolute Gasteiger partial charge is 0.0429 e. The Morgan fingerprint density at radius 1 is 0.905 bits per heavy atom. The molecule has 2 heteroatoms. The van der Waals surface area contributed by atoms with E-state index in [2.05, 4.69) is 68.1 Å². The largest absolute Gasteiger partial charge is 0.367 e. The molecule has 0 bridgehead atoms. The van der Waals surface area contributed by atoms with Crippen molar-refractivity contribution in [3.05, 3.63) is 64.7 Å². The third kappa shape index (κ3) is 4.61. The number of benzene rings is 2. The van der Waals surface area contributed by atoms with Gasteiger partial charge in [-0.15, -0.1) is 0 Å². The van der Waals surface area contributed by atoms with Crippen molar-refractivity contribution in [2.24, 2.45) is 5.73 Å². The molecule has 0 aliphatic heterocycles. The van der Waals surface area contributed by atoms with E-state index in [9.17, 15) is 0 Å². The average Bonchev–Trinajstić information content (AvgIpc) is 2.42. The van der Waals surface area contributed by atoms with Crippen LogP contribution in [-0.2, 0) is 6.54 Å². The van der Waals surface area contributed by atoms with Crippen molar-refractivity contribution < 1.29 is 0 Å². The Bertz CT molecular complexity index is 570. The Morgan fingerprint density at radius 3 is 2.24 bits per heavy atom. The number of aryl methyl sites for hydroxylation is 3. The second-order valence-corrected chi connectivity index (χ2v) is 5.90. The maximum absolute atomic E-state index is 5.70.